The molecule has 24 nitrogen and oxygen atoms in total. The van der Waals surface area contributed by atoms with E-state index in [-0.39, 0.29) is 32.2 Å². The van der Waals surface area contributed by atoms with Crippen LogP contribution >= 0.6 is 0 Å². The van der Waals surface area contributed by atoms with Crippen LogP contribution in [0, 0.1) is 0 Å². The highest BCUT2D eigenvalue weighted by Gasteiger charge is 2.53. The fourth-order valence-corrected chi connectivity index (χ4v) is 7.99. The van der Waals surface area contributed by atoms with Crippen LogP contribution in [0.1, 0.15) is 58.4 Å². The fourth-order valence-electron chi connectivity index (χ4n) is 7.99. The molecule has 13 N–H and O–H groups in total. The molecule has 3 aliphatic rings. The average molecular weight is 922 g/mol. The quantitative estimate of drug-likeness (QED) is 0.0526. The van der Waals surface area contributed by atoms with Gasteiger partial charge in [0, 0.05) is 50.3 Å². The Morgan fingerprint density at radius 3 is 2.12 bits per heavy atom. The number of carbonyl (C=O) groups is 7. The first-order valence-electron chi connectivity index (χ1n) is 21.3. The van der Waals surface area contributed by atoms with E-state index in [1.165, 1.54) is 6.92 Å². The van der Waals surface area contributed by atoms with Crippen LogP contribution in [0.3, 0.4) is 0 Å². The minimum atomic E-state index is -1.78. The Bertz CT molecular complexity index is 2000. The van der Waals surface area contributed by atoms with Gasteiger partial charge in [0.15, 0.2) is 12.6 Å². The van der Waals surface area contributed by atoms with Crippen molar-refractivity contribution in [2.24, 2.45) is 0 Å². The van der Waals surface area contributed by atoms with Crippen LogP contribution in [0.25, 0.3) is 10.9 Å². The molecule has 3 fully saturated rings. The van der Waals surface area contributed by atoms with Gasteiger partial charge >= 0.3 is 5.97 Å². The lowest BCUT2D eigenvalue weighted by molar-refractivity contribution is -0.333. The van der Waals surface area contributed by atoms with Crippen molar-refractivity contribution in [2.75, 3.05) is 19.8 Å². The van der Waals surface area contributed by atoms with Gasteiger partial charge < -0.3 is 86.5 Å². The van der Waals surface area contributed by atoms with Gasteiger partial charge in [-0.1, -0.05) is 18.2 Å². The van der Waals surface area contributed by atoms with Crippen LogP contribution in [0.2, 0.25) is 0 Å². The van der Waals surface area contributed by atoms with Crippen LogP contribution in [-0.2, 0) is 58.9 Å². The maximum Gasteiger partial charge on any atom is 0.326 e. The van der Waals surface area contributed by atoms with E-state index in [0.29, 0.717) is 18.4 Å². The van der Waals surface area contributed by atoms with Crippen LogP contribution in [0.5, 0.6) is 0 Å². The van der Waals surface area contributed by atoms with Gasteiger partial charge in [-0.25, -0.2) is 4.79 Å². The zero-order valence-electron chi connectivity index (χ0n) is 36.0. The second kappa shape index (κ2) is 23.2. The molecule has 0 spiro atoms. The Morgan fingerprint density at radius 2 is 1.48 bits per heavy atom. The third-order valence-corrected chi connectivity index (χ3v) is 11.4. The number of carbonyl (C=O) groups excluding carboxylic acids is 6. The van der Waals surface area contributed by atoms with Crippen LogP contribution in [0.15, 0.2) is 30.5 Å². The molecule has 1 aromatic carbocycles. The van der Waals surface area contributed by atoms with Crippen molar-refractivity contribution in [3.8, 4) is 0 Å². The predicted molar refractivity (Wildman–Crippen MR) is 222 cm³/mol. The average Bonchev–Trinajstić information content (AvgIpc) is 3.67. The fraction of sp³-hybridized carbons (Fsp3) is 0.634. The summed E-state index contributed by atoms with van der Waals surface area (Å²) in [5.41, 5.74) is 1.54. The number of hydrogen-bond donors (Lipinski definition) is 13. The number of aliphatic hydroxyl groups is 5. The molecule has 1 aromatic heterocycles. The first-order valence-corrected chi connectivity index (χ1v) is 21.3. The van der Waals surface area contributed by atoms with Crippen molar-refractivity contribution in [3.05, 3.63) is 36.0 Å². The number of benzene rings is 1. The number of piperazine rings is 1. The van der Waals surface area contributed by atoms with Crippen molar-refractivity contribution in [3.63, 3.8) is 0 Å². The van der Waals surface area contributed by atoms with E-state index < -0.39 is 140 Å². The van der Waals surface area contributed by atoms with Gasteiger partial charge in [0.1, 0.15) is 72.9 Å². The van der Waals surface area contributed by atoms with Gasteiger partial charge in [0.25, 0.3) is 0 Å². The van der Waals surface area contributed by atoms with Crippen LogP contribution < -0.4 is 31.9 Å². The Hall–Kier alpha value is -5.31. The SMILES string of the molecule is CC(=O)N[C@H]1C(O)O[C@H](CO)[C@@H](OC2O[C@H](CO)C(O)[C@H](O)[C@H]2NC(C)=O)[C@@H]1OC(C)C(=O)NCCCC[C@@H]1NC(=O)[C@H](CCC(=O)N[C@@H](Cc2c[nH]c3ccccc23)C(=O)O)NC1=O. The summed E-state index contributed by atoms with van der Waals surface area (Å²) in [6.07, 6.45) is -11.4. The number of ether oxygens (including phenoxy) is 4. The molecule has 5 rings (SSSR count). The summed E-state index contributed by atoms with van der Waals surface area (Å²) < 4.78 is 23.3. The number of carboxylic acid groups (broad SMARTS) is 1. The molecule has 3 saturated heterocycles. The molecule has 0 radical (unpaired) electrons. The predicted octanol–water partition coefficient (Wildman–Crippen LogP) is -4.35. The number of amides is 6. The lowest BCUT2D eigenvalue weighted by Gasteiger charge is -2.48. The first-order chi connectivity index (χ1) is 30.9. The van der Waals surface area contributed by atoms with Crippen molar-refractivity contribution in [1.29, 1.82) is 0 Å². The number of hydrogen-bond acceptors (Lipinski definition) is 16. The van der Waals surface area contributed by atoms with Gasteiger partial charge in [0.2, 0.25) is 35.4 Å². The maximum atomic E-state index is 13.3. The van der Waals surface area contributed by atoms with Gasteiger partial charge in [-0.15, -0.1) is 0 Å². The molecular formula is C41H59N7O17. The number of H-pyrrole nitrogens is 1. The minimum Gasteiger partial charge on any atom is -0.480 e. The summed E-state index contributed by atoms with van der Waals surface area (Å²) in [6, 6.07) is 1.39. The molecule has 24 heteroatoms. The second-order valence-corrected chi connectivity index (χ2v) is 16.2. The van der Waals surface area contributed by atoms with E-state index in [1.54, 1.807) is 6.20 Å². The smallest absolute Gasteiger partial charge is 0.326 e. The zero-order valence-corrected chi connectivity index (χ0v) is 36.0. The van der Waals surface area contributed by atoms with Crippen molar-refractivity contribution in [2.45, 2.75) is 145 Å². The standard InChI is InChI=1S/C41H59N7O17/c1-18(62-35-31(45-20(3)52)40(61)63-28(17-50)34(35)65-41-30(44-19(2)51)33(55)32(54)27(16-49)64-41)36(56)42-13-7-6-10-24-37(57)48-25(38(58)47-24)11-12-29(53)46-26(39(59)60)14-21-15-43-23-9-5-4-8-22(21)23/h4-5,8-9,15,18,24-28,30-35,40-41,43,49-50,54-55,61H,6-7,10-14,16-17H2,1-3H3,(H,42,56)(H,44,51)(H,45,52)(H,46,53)(H,47,58)(H,48,57)(H,59,60)/t18?,24-,25-,26-,27+,28+,30+,31+,32?,33+,34+,35+,40?,41?/m0/s1. The van der Waals surface area contributed by atoms with Crippen molar-refractivity contribution in [1.82, 2.24) is 36.9 Å². The molecule has 0 bridgehead atoms. The van der Waals surface area contributed by atoms with Gasteiger partial charge in [0.05, 0.1) is 13.2 Å². The summed E-state index contributed by atoms with van der Waals surface area (Å²) in [4.78, 5) is 91.1. The molecule has 2 aromatic rings. The summed E-state index contributed by atoms with van der Waals surface area (Å²) in [5, 5.41) is 78.0. The van der Waals surface area contributed by atoms with E-state index in [4.69, 9.17) is 18.9 Å². The zero-order chi connectivity index (χ0) is 47.5. The summed E-state index contributed by atoms with van der Waals surface area (Å²) in [5.74, 6) is -4.76. The monoisotopic (exact) mass is 921 g/mol. The third kappa shape index (κ3) is 13.2. The first kappa shape index (κ1) is 50.7. The van der Waals surface area contributed by atoms with Crippen LogP contribution in [-0.4, -0.2) is 182 Å². The molecule has 65 heavy (non-hydrogen) atoms. The molecular weight excluding hydrogens is 862 g/mol. The van der Waals surface area contributed by atoms with E-state index in [2.05, 4.69) is 36.9 Å². The Balaban J connectivity index is 1.10. The number of aromatic amines is 1. The van der Waals surface area contributed by atoms with Crippen molar-refractivity contribution >= 4 is 52.3 Å². The number of para-hydroxylation sites is 1. The number of aliphatic hydroxyl groups excluding tert-OH is 5. The minimum absolute atomic E-state index is 0.0290. The van der Waals surface area contributed by atoms with Gasteiger partial charge in [-0.05, 0) is 44.2 Å². The van der Waals surface area contributed by atoms with Gasteiger partial charge in [-0.3, -0.25) is 28.8 Å². The molecule has 4 heterocycles. The maximum absolute atomic E-state index is 13.3. The van der Waals surface area contributed by atoms with E-state index in [9.17, 15) is 64.2 Å². The number of carboxylic acids is 1. The lowest BCUT2D eigenvalue weighted by atomic mass is 9.94. The van der Waals surface area contributed by atoms with E-state index >= 15 is 0 Å². The molecule has 14 atom stereocenters. The Kier molecular flexibility index (Phi) is 18.1. The van der Waals surface area contributed by atoms with Gasteiger partial charge in [-0.2, -0.15) is 0 Å². The highest BCUT2D eigenvalue weighted by molar-refractivity contribution is 5.97. The molecule has 0 saturated carbocycles. The third-order valence-electron chi connectivity index (χ3n) is 11.4. The van der Waals surface area contributed by atoms with Crippen LogP contribution in [0.4, 0.5) is 0 Å². The van der Waals surface area contributed by atoms with Crippen molar-refractivity contribution < 1.29 is 83.1 Å². The number of nitrogens with one attached hydrogen (secondary N) is 7. The molecule has 4 unspecified atom stereocenters. The Morgan fingerprint density at radius 1 is 0.831 bits per heavy atom. The molecule has 3 aliphatic heterocycles. The normalized spacial score (nSPS) is 30.0. The van der Waals surface area contributed by atoms with E-state index in [1.807, 2.05) is 24.3 Å². The molecule has 0 aliphatic carbocycles. The number of unbranched alkanes of at least 4 members (excludes halogenated alkanes) is 1. The number of aliphatic carboxylic acids is 1. The molecule has 6 amide bonds. The van der Waals surface area contributed by atoms with E-state index in [0.717, 1.165) is 24.8 Å². The largest absolute Gasteiger partial charge is 0.480 e. The Labute approximate surface area is 372 Å². The highest BCUT2D eigenvalue weighted by Crippen LogP contribution is 2.31. The topological polar surface area (TPSA) is 366 Å². The number of aromatic nitrogens is 1. The summed E-state index contributed by atoms with van der Waals surface area (Å²) >= 11 is 0. The lowest BCUT2D eigenvalue weighted by Crippen LogP contribution is -2.69. The highest BCUT2D eigenvalue weighted by atomic mass is 16.7. The number of fused-ring (bicyclic) bond motifs is 1. The number of rotatable bonds is 21. The summed E-state index contributed by atoms with van der Waals surface area (Å²) in [6.45, 7) is 2.17. The second-order valence-electron chi connectivity index (χ2n) is 16.2. The summed E-state index contributed by atoms with van der Waals surface area (Å²) in [7, 11) is 0. The molecule has 360 valence electrons.